The Hall–Kier alpha value is -2.11. The molecule has 0 fully saturated rings. The van der Waals surface area contributed by atoms with Crippen molar-refractivity contribution in [1.29, 1.82) is 0 Å². The molecule has 114 valence electrons. The molecule has 2 aromatic rings. The van der Waals surface area contributed by atoms with Crippen molar-refractivity contribution in [3.8, 4) is 11.5 Å². The Morgan fingerprint density at radius 1 is 1.00 bits per heavy atom. The van der Waals surface area contributed by atoms with Crippen molar-refractivity contribution in [2.75, 3.05) is 24.0 Å². The summed E-state index contributed by atoms with van der Waals surface area (Å²) in [5.41, 5.74) is 1.32. The molecule has 0 aromatic heterocycles. The van der Waals surface area contributed by atoms with Crippen molar-refractivity contribution in [1.82, 2.24) is 0 Å². The average molecular weight is 339 g/mol. The van der Waals surface area contributed by atoms with E-state index in [0.29, 0.717) is 27.2 Å². The number of anilines is 2. The lowest BCUT2D eigenvalue weighted by Gasteiger charge is -2.09. The molecular weight excluding hydrogens is 327 g/mol. The third-order valence-corrected chi connectivity index (χ3v) is 3.41. The van der Waals surface area contributed by atoms with Crippen molar-refractivity contribution in [2.24, 2.45) is 0 Å². The van der Waals surface area contributed by atoms with Gasteiger partial charge >= 0.3 is 0 Å². The Morgan fingerprint density at radius 3 is 2.50 bits per heavy atom. The third-order valence-electron chi connectivity index (χ3n) is 2.97. The van der Waals surface area contributed by atoms with Crippen LogP contribution in [0.4, 0.5) is 11.4 Å². The number of fused-ring (bicyclic) bond motifs is 1. The number of carbonyl (C=O) groups excluding carboxylic acids is 1. The fraction of sp³-hybridized carbons (Fsp3) is 0.133. The number of amides is 1. The molecule has 1 amide bonds. The van der Waals surface area contributed by atoms with E-state index in [1.165, 1.54) is 0 Å². The zero-order chi connectivity index (χ0) is 15.5. The minimum absolute atomic E-state index is 0.101. The van der Waals surface area contributed by atoms with Gasteiger partial charge in [-0.1, -0.05) is 23.2 Å². The van der Waals surface area contributed by atoms with Gasteiger partial charge in [-0.05, 0) is 30.3 Å². The van der Waals surface area contributed by atoms with Crippen molar-refractivity contribution in [3.63, 3.8) is 0 Å². The maximum absolute atomic E-state index is 11.9. The van der Waals surface area contributed by atoms with Gasteiger partial charge in [0.1, 0.15) is 0 Å². The highest BCUT2D eigenvalue weighted by Gasteiger charge is 2.13. The summed E-state index contributed by atoms with van der Waals surface area (Å²) in [5, 5.41) is 6.66. The average Bonchev–Trinajstić information content (AvgIpc) is 2.91. The molecule has 2 aromatic carbocycles. The first-order chi connectivity index (χ1) is 10.6. The number of hydrogen-bond acceptors (Lipinski definition) is 4. The lowest BCUT2D eigenvalue weighted by molar-refractivity contribution is -0.114. The van der Waals surface area contributed by atoms with Crippen LogP contribution in [-0.2, 0) is 4.79 Å². The molecule has 0 saturated heterocycles. The lowest BCUT2D eigenvalue weighted by Crippen LogP contribution is -2.21. The SMILES string of the molecule is O=C(CNc1ccc2c(c1)OCO2)Nc1cc(Cl)cc(Cl)c1. The summed E-state index contributed by atoms with van der Waals surface area (Å²) < 4.78 is 10.5. The smallest absolute Gasteiger partial charge is 0.243 e. The van der Waals surface area contributed by atoms with Crippen LogP contribution in [0.25, 0.3) is 0 Å². The van der Waals surface area contributed by atoms with Crippen LogP contribution < -0.4 is 20.1 Å². The van der Waals surface area contributed by atoms with Gasteiger partial charge < -0.3 is 20.1 Å². The summed E-state index contributed by atoms with van der Waals surface area (Å²) in [6.07, 6.45) is 0. The maximum atomic E-state index is 11.9. The third kappa shape index (κ3) is 3.55. The van der Waals surface area contributed by atoms with Crippen LogP contribution in [0, 0.1) is 0 Å². The number of benzene rings is 2. The number of ether oxygens (including phenoxy) is 2. The molecule has 0 spiro atoms. The number of nitrogens with one attached hydrogen (secondary N) is 2. The van der Waals surface area contributed by atoms with E-state index >= 15 is 0 Å². The van der Waals surface area contributed by atoms with E-state index in [4.69, 9.17) is 32.7 Å². The molecule has 0 unspecified atom stereocenters. The van der Waals surface area contributed by atoms with E-state index in [0.717, 1.165) is 5.69 Å². The highest BCUT2D eigenvalue weighted by atomic mass is 35.5. The highest BCUT2D eigenvalue weighted by molar-refractivity contribution is 6.35. The van der Waals surface area contributed by atoms with E-state index in [-0.39, 0.29) is 19.2 Å². The largest absolute Gasteiger partial charge is 0.454 e. The molecule has 0 aliphatic carbocycles. The summed E-state index contributed by atoms with van der Waals surface area (Å²) in [4.78, 5) is 11.9. The minimum atomic E-state index is -0.212. The molecule has 3 rings (SSSR count). The standard InChI is InChI=1S/C15H12Cl2N2O3/c16-9-3-10(17)5-12(4-9)19-15(20)7-18-11-1-2-13-14(6-11)22-8-21-13/h1-6,18H,7-8H2,(H,19,20). The van der Waals surface area contributed by atoms with Crippen LogP contribution in [0.5, 0.6) is 11.5 Å². The van der Waals surface area contributed by atoms with E-state index < -0.39 is 0 Å². The molecule has 5 nitrogen and oxygen atoms in total. The molecule has 2 N–H and O–H groups in total. The Kier molecular flexibility index (Phi) is 4.27. The van der Waals surface area contributed by atoms with Gasteiger partial charge in [-0.25, -0.2) is 0 Å². The van der Waals surface area contributed by atoms with E-state index in [2.05, 4.69) is 10.6 Å². The minimum Gasteiger partial charge on any atom is -0.454 e. The van der Waals surface area contributed by atoms with Crippen LogP contribution >= 0.6 is 23.2 Å². The van der Waals surface area contributed by atoms with E-state index in [1.54, 1.807) is 30.3 Å². The number of halogens is 2. The molecule has 7 heteroatoms. The highest BCUT2D eigenvalue weighted by Crippen LogP contribution is 2.34. The first kappa shape index (κ1) is 14.8. The molecule has 0 atom stereocenters. The Labute approximate surface area is 137 Å². The molecule has 0 saturated carbocycles. The molecule has 22 heavy (non-hydrogen) atoms. The Morgan fingerprint density at radius 2 is 1.73 bits per heavy atom. The van der Waals surface area contributed by atoms with Gasteiger partial charge in [-0.3, -0.25) is 4.79 Å². The Bertz CT molecular complexity index is 702. The zero-order valence-corrected chi connectivity index (χ0v) is 12.9. The Balaban J connectivity index is 1.58. The van der Waals surface area contributed by atoms with Crippen LogP contribution in [0.2, 0.25) is 10.0 Å². The number of hydrogen-bond donors (Lipinski definition) is 2. The second-order valence-electron chi connectivity index (χ2n) is 4.63. The number of rotatable bonds is 4. The van der Waals surface area contributed by atoms with Gasteiger partial charge in [-0.15, -0.1) is 0 Å². The van der Waals surface area contributed by atoms with Gasteiger partial charge in [0.05, 0.1) is 6.54 Å². The van der Waals surface area contributed by atoms with Crippen LogP contribution in [0.3, 0.4) is 0 Å². The molecule has 0 bridgehead atoms. The predicted octanol–water partition coefficient (Wildman–Crippen LogP) is 3.77. The molecule has 1 aliphatic heterocycles. The number of carbonyl (C=O) groups is 1. The van der Waals surface area contributed by atoms with Crippen molar-refractivity contribution in [2.45, 2.75) is 0 Å². The maximum Gasteiger partial charge on any atom is 0.243 e. The van der Waals surface area contributed by atoms with E-state index in [9.17, 15) is 4.79 Å². The second kappa shape index (κ2) is 6.34. The first-order valence-corrected chi connectivity index (χ1v) is 7.25. The summed E-state index contributed by atoms with van der Waals surface area (Å²) in [7, 11) is 0. The fourth-order valence-corrected chi connectivity index (χ4v) is 2.55. The molecular formula is C15H12Cl2N2O3. The van der Waals surface area contributed by atoms with Crippen molar-refractivity contribution >= 4 is 40.5 Å². The monoisotopic (exact) mass is 338 g/mol. The van der Waals surface area contributed by atoms with Crippen LogP contribution in [0.15, 0.2) is 36.4 Å². The van der Waals surface area contributed by atoms with Gasteiger partial charge in [0.2, 0.25) is 12.7 Å². The summed E-state index contributed by atoms with van der Waals surface area (Å²) in [6.45, 7) is 0.318. The van der Waals surface area contributed by atoms with Gasteiger partial charge in [-0.2, -0.15) is 0 Å². The first-order valence-electron chi connectivity index (χ1n) is 6.49. The zero-order valence-electron chi connectivity index (χ0n) is 11.4. The van der Waals surface area contributed by atoms with Gasteiger partial charge in [0.15, 0.2) is 11.5 Å². The summed E-state index contributed by atoms with van der Waals surface area (Å²) >= 11 is 11.8. The second-order valence-corrected chi connectivity index (χ2v) is 5.50. The van der Waals surface area contributed by atoms with Gasteiger partial charge in [0.25, 0.3) is 0 Å². The molecule has 1 heterocycles. The normalized spacial score (nSPS) is 12.1. The van der Waals surface area contributed by atoms with Crippen molar-refractivity contribution < 1.29 is 14.3 Å². The lowest BCUT2D eigenvalue weighted by atomic mass is 10.2. The van der Waals surface area contributed by atoms with Crippen LogP contribution in [0.1, 0.15) is 0 Å². The molecule has 0 radical (unpaired) electrons. The topological polar surface area (TPSA) is 59.6 Å². The fourth-order valence-electron chi connectivity index (χ4n) is 2.02. The van der Waals surface area contributed by atoms with Crippen molar-refractivity contribution in [3.05, 3.63) is 46.4 Å². The van der Waals surface area contributed by atoms with Crippen LogP contribution in [-0.4, -0.2) is 19.2 Å². The van der Waals surface area contributed by atoms with E-state index in [1.807, 2.05) is 6.07 Å². The summed E-state index contributed by atoms with van der Waals surface area (Å²) in [6, 6.07) is 10.3. The van der Waals surface area contributed by atoms with Gasteiger partial charge in [0, 0.05) is 27.5 Å². The quantitative estimate of drug-likeness (QED) is 0.890. The molecule has 1 aliphatic rings. The summed E-state index contributed by atoms with van der Waals surface area (Å²) in [5.74, 6) is 1.15. The predicted molar refractivity (Wildman–Crippen MR) is 86.1 cm³/mol.